The normalized spacial score (nSPS) is 12.1. The van der Waals surface area contributed by atoms with Crippen molar-refractivity contribution >= 4 is 33.7 Å². The Bertz CT molecular complexity index is 936. The van der Waals surface area contributed by atoms with E-state index in [0.29, 0.717) is 12.6 Å². The second kappa shape index (κ2) is 10.9. The number of carbonyl (C=O) groups is 3. The molecule has 0 saturated carbocycles. The van der Waals surface area contributed by atoms with E-state index in [4.69, 9.17) is 0 Å². The third-order valence-electron chi connectivity index (χ3n) is 4.09. The lowest BCUT2D eigenvalue weighted by Crippen LogP contribution is -2.50. The zero-order valence-corrected chi connectivity index (χ0v) is 17.6. The molecular formula is C20H19BrF3N3O4. The minimum atomic E-state index is -4.61. The summed E-state index contributed by atoms with van der Waals surface area (Å²) >= 11 is 3.31. The van der Waals surface area contributed by atoms with Gasteiger partial charge in [0.2, 0.25) is 5.91 Å². The first-order valence-electron chi connectivity index (χ1n) is 8.99. The van der Waals surface area contributed by atoms with Crippen LogP contribution in [0.15, 0.2) is 53.0 Å². The molecule has 31 heavy (non-hydrogen) atoms. The predicted octanol–water partition coefficient (Wildman–Crippen LogP) is 2.56. The van der Waals surface area contributed by atoms with Crippen molar-refractivity contribution in [3.8, 4) is 0 Å². The summed E-state index contributed by atoms with van der Waals surface area (Å²) in [4.78, 5) is 35.4. The van der Waals surface area contributed by atoms with Crippen molar-refractivity contribution in [2.45, 2.75) is 18.8 Å². The van der Waals surface area contributed by atoms with Gasteiger partial charge in [0.15, 0.2) is 0 Å². The fourth-order valence-electron chi connectivity index (χ4n) is 2.51. The molecule has 0 aliphatic heterocycles. The van der Waals surface area contributed by atoms with Crippen LogP contribution in [0.2, 0.25) is 0 Å². The van der Waals surface area contributed by atoms with Crippen LogP contribution in [0.1, 0.15) is 21.5 Å². The van der Waals surface area contributed by atoms with Gasteiger partial charge in [0.05, 0.1) is 12.1 Å². The fourth-order valence-corrected chi connectivity index (χ4v) is 2.77. The molecule has 0 unspecified atom stereocenters. The number of rotatable bonds is 9. The number of hydrogen-bond acceptors (Lipinski definition) is 4. The van der Waals surface area contributed by atoms with Gasteiger partial charge in [-0.15, -0.1) is 0 Å². The van der Waals surface area contributed by atoms with Crippen molar-refractivity contribution in [2.75, 3.05) is 13.1 Å². The number of alkyl halides is 3. The molecule has 0 radical (unpaired) electrons. The number of nitrogens with one attached hydrogen (secondary N) is 3. The lowest BCUT2D eigenvalue weighted by molar-refractivity contribution is -0.141. The average molecular weight is 502 g/mol. The first-order chi connectivity index (χ1) is 14.6. The molecule has 11 heteroatoms. The van der Waals surface area contributed by atoms with Gasteiger partial charge in [-0.2, -0.15) is 13.2 Å². The molecule has 0 aromatic heterocycles. The summed E-state index contributed by atoms with van der Waals surface area (Å²) in [6, 6.07) is 9.84. The molecule has 2 aromatic carbocycles. The smallest absolute Gasteiger partial charge is 0.416 e. The van der Waals surface area contributed by atoms with Gasteiger partial charge in [-0.25, -0.2) is 4.79 Å². The van der Waals surface area contributed by atoms with E-state index in [-0.39, 0.29) is 12.1 Å². The Balaban J connectivity index is 1.84. The Kier molecular flexibility index (Phi) is 8.57. The topological polar surface area (TPSA) is 108 Å². The van der Waals surface area contributed by atoms with Gasteiger partial charge in [0.25, 0.3) is 5.91 Å². The molecule has 0 fully saturated rings. The van der Waals surface area contributed by atoms with Crippen LogP contribution >= 0.6 is 15.9 Å². The third-order valence-corrected chi connectivity index (χ3v) is 4.61. The molecule has 2 rings (SSSR count). The Morgan fingerprint density at radius 1 is 1.06 bits per heavy atom. The number of carboxylic acids is 1. The van der Waals surface area contributed by atoms with Gasteiger partial charge >= 0.3 is 12.1 Å². The maximum atomic E-state index is 12.7. The number of aliphatic carboxylic acids is 1. The zero-order valence-electron chi connectivity index (χ0n) is 16.0. The molecule has 0 bridgehead atoms. The number of carboxylic acid groups (broad SMARTS) is 1. The Labute approximate surface area is 184 Å². The summed E-state index contributed by atoms with van der Waals surface area (Å²) in [6.07, 6.45) is -4.61. The van der Waals surface area contributed by atoms with Gasteiger partial charge in [0.1, 0.15) is 6.04 Å². The van der Waals surface area contributed by atoms with Crippen molar-refractivity contribution in [3.63, 3.8) is 0 Å². The molecule has 0 aliphatic carbocycles. The summed E-state index contributed by atoms with van der Waals surface area (Å²) in [5, 5.41) is 16.6. The number of halogens is 4. The van der Waals surface area contributed by atoms with Crippen LogP contribution in [0.5, 0.6) is 0 Å². The van der Waals surface area contributed by atoms with E-state index < -0.39 is 42.1 Å². The van der Waals surface area contributed by atoms with Gasteiger partial charge in [0, 0.05) is 23.1 Å². The molecule has 0 heterocycles. The largest absolute Gasteiger partial charge is 0.480 e. The van der Waals surface area contributed by atoms with Crippen LogP contribution < -0.4 is 16.0 Å². The van der Waals surface area contributed by atoms with Crippen LogP contribution in [0.3, 0.4) is 0 Å². The molecule has 1 atom stereocenters. The lowest BCUT2D eigenvalue weighted by Gasteiger charge is -2.16. The minimum absolute atomic E-state index is 0.0707. The third kappa shape index (κ3) is 8.02. The highest BCUT2D eigenvalue weighted by Crippen LogP contribution is 2.29. The highest BCUT2D eigenvalue weighted by Gasteiger charge is 2.31. The molecule has 166 valence electrons. The van der Waals surface area contributed by atoms with Crippen molar-refractivity contribution in [1.29, 1.82) is 0 Å². The van der Waals surface area contributed by atoms with Gasteiger partial charge in [-0.1, -0.05) is 34.1 Å². The SMILES string of the molecule is O=C(CNC(=O)c1cccc(C(F)(F)F)c1)N[C@@H](CNCc1ccc(Br)cc1)C(=O)O. The zero-order chi connectivity index (χ0) is 23.0. The highest BCUT2D eigenvalue weighted by atomic mass is 79.9. The molecule has 4 N–H and O–H groups in total. The predicted molar refractivity (Wildman–Crippen MR) is 109 cm³/mol. The summed E-state index contributed by atoms with van der Waals surface area (Å²) in [6.45, 7) is -0.288. The molecule has 2 amide bonds. The van der Waals surface area contributed by atoms with Gasteiger partial charge in [-0.3, -0.25) is 9.59 Å². The first kappa shape index (κ1) is 24.4. The van der Waals surface area contributed by atoms with Crippen molar-refractivity contribution < 1.29 is 32.7 Å². The van der Waals surface area contributed by atoms with E-state index in [9.17, 15) is 32.7 Å². The summed E-state index contributed by atoms with van der Waals surface area (Å²) < 4.78 is 39.1. The lowest BCUT2D eigenvalue weighted by atomic mass is 10.1. The highest BCUT2D eigenvalue weighted by molar-refractivity contribution is 9.10. The van der Waals surface area contributed by atoms with Crippen molar-refractivity contribution in [3.05, 3.63) is 69.7 Å². The Hall–Kier alpha value is -2.92. The number of amides is 2. The van der Waals surface area contributed by atoms with E-state index in [1.807, 2.05) is 24.3 Å². The quantitative estimate of drug-likeness (QED) is 0.422. The van der Waals surface area contributed by atoms with E-state index in [1.54, 1.807) is 0 Å². The summed E-state index contributed by atoms with van der Waals surface area (Å²) in [7, 11) is 0. The number of carbonyl (C=O) groups excluding carboxylic acids is 2. The number of hydrogen-bond donors (Lipinski definition) is 4. The second-order valence-electron chi connectivity index (χ2n) is 6.48. The molecular weight excluding hydrogens is 483 g/mol. The van der Waals surface area contributed by atoms with Crippen LogP contribution in [0.4, 0.5) is 13.2 Å². The Morgan fingerprint density at radius 2 is 1.74 bits per heavy atom. The van der Waals surface area contributed by atoms with Crippen molar-refractivity contribution in [2.24, 2.45) is 0 Å². The first-order valence-corrected chi connectivity index (χ1v) is 9.78. The van der Waals surface area contributed by atoms with Crippen LogP contribution in [0.25, 0.3) is 0 Å². The summed E-state index contributed by atoms with van der Waals surface area (Å²) in [5.74, 6) is -2.96. The van der Waals surface area contributed by atoms with Gasteiger partial charge < -0.3 is 21.1 Å². The molecule has 2 aromatic rings. The van der Waals surface area contributed by atoms with E-state index in [0.717, 1.165) is 22.2 Å². The minimum Gasteiger partial charge on any atom is -0.480 e. The van der Waals surface area contributed by atoms with E-state index >= 15 is 0 Å². The molecule has 7 nitrogen and oxygen atoms in total. The Morgan fingerprint density at radius 3 is 2.35 bits per heavy atom. The van der Waals surface area contributed by atoms with Crippen molar-refractivity contribution in [1.82, 2.24) is 16.0 Å². The number of benzene rings is 2. The fraction of sp³-hybridized carbons (Fsp3) is 0.250. The maximum absolute atomic E-state index is 12.7. The molecule has 0 aliphatic rings. The van der Waals surface area contributed by atoms with Crippen LogP contribution in [-0.2, 0) is 22.3 Å². The summed E-state index contributed by atoms with van der Waals surface area (Å²) in [5.41, 5.74) is -0.354. The van der Waals surface area contributed by atoms with Crippen LogP contribution in [0, 0.1) is 0 Å². The average Bonchev–Trinajstić information content (AvgIpc) is 2.72. The van der Waals surface area contributed by atoms with Crippen LogP contribution in [-0.4, -0.2) is 42.0 Å². The molecule has 0 saturated heterocycles. The standard InChI is InChI=1S/C20H19BrF3N3O4/c21-15-6-4-12(5-7-15)9-25-10-16(19(30)31)27-17(28)11-26-18(29)13-2-1-3-14(8-13)20(22,23)24/h1-8,16,25H,9-11H2,(H,26,29)(H,27,28)(H,30,31)/t16-/m0/s1. The second-order valence-corrected chi connectivity index (χ2v) is 7.39. The maximum Gasteiger partial charge on any atom is 0.416 e. The monoisotopic (exact) mass is 501 g/mol. The van der Waals surface area contributed by atoms with Gasteiger partial charge in [-0.05, 0) is 35.9 Å². The molecule has 0 spiro atoms. The van der Waals surface area contributed by atoms with E-state index in [2.05, 4.69) is 31.9 Å². The van der Waals surface area contributed by atoms with E-state index in [1.165, 1.54) is 6.07 Å².